The van der Waals surface area contributed by atoms with Crippen molar-refractivity contribution in [1.82, 2.24) is 10.2 Å². The number of hydrogen-bond acceptors (Lipinski definition) is 7. The van der Waals surface area contributed by atoms with Crippen LogP contribution in [0.2, 0.25) is 19.6 Å². The Bertz CT molecular complexity index is 1150. The first-order valence-electron chi connectivity index (χ1n) is 12.6. The minimum Gasteiger partial charge on any atom is -0.459 e. The largest absolute Gasteiger partial charge is 0.459 e. The molecule has 10 nitrogen and oxygen atoms in total. The Morgan fingerprint density at radius 3 is 2.42 bits per heavy atom. The molecular formula is C27H35Cl2N3O7Si. The lowest BCUT2D eigenvalue weighted by Crippen LogP contribution is -2.72. The summed E-state index contributed by atoms with van der Waals surface area (Å²) in [5, 5.41) is 13.4. The van der Waals surface area contributed by atoms with Crippen LogP contribution in [-0.2, 0) is 30.2 Å². The first-order valence-corrected chi connectivity index (χ1v) is 17.0. The van der Waals surface area contributed by atoms with Crippen LogP contribution in [0, 0.1) is 10.1 Å². The zero-order valence-electron chi connectivity index (χ0n) is 23.0. The maximum Gasteiger partial charge on any atom is 0.333 e. The van der Waals surface area contributed by atoms with Gasteiger partial charge >= 0.3 is 5.97 Å². The number of non-ortho nitro benzene ring substituents is 1. The molecule has 2 amide bonds. The van der Waals surface area contributed by atoms with Crippen molar-refractivity contribution in [2.75, 3.05) is 5.88 Å². The van der Waals surface area contributed by atoms with Crippen molar-refractivity contribution >= 4 is 55.0 Å². The molecule has 0 aromatic heterocycles. The van der Waals surface area contributed by atoms with Gasteiger partial charge in [0.2, 0.25) is 5.91 Å². The lowest BCUT2D eigenvalue weighted by Gasteiger charge is -2.47. The van der Waals surface area contributed by atoms with Crippen molar-refractivity contribution in [3.8, 4) is 0 Å². The van der Waals surface area contributed by atoms with E-state index in [-0.39, 0.29) is 36.3 Å². The highest BCUT2D eigenvalue weighted by Crippen LogP contribution is 2.30. The first kappa shape index (κ1) is 33.2. The van der Waals surface area contributed by atoms with E-state index in [2.05, 4.69) is 31.5 Å². The molecule has 0 radical (unpaired) electrons. The average Bonchev–Trinajstić information content (AvgIpc) is 2.89. The van der Waals surface area contributed by atoms with Crippen LogP contribution in [-0.4, -0.2) is 65.5 Å². The SMILES string of the molecule is C=C(CCl)C(C(=O)OCc1ccc([N+](=O)[O-])cc1)N1C(=O)C(NC(=O)CC=CCC=CC(C)O[Si](C)(C)C)C1Cl. The number of ether oxygens (including phenoxy) is 1. The summed E-state index contributed by atoms with van der Waals surface area (Å²) in [6.07, 6.45) is 8.18. The second-order valence-electron chi connectivity index (χ2n) is 10.2. The van der Waals surface area contributed by atoms with Crippen LogP contribution < -0.4 is 5.32 Å². The fourth-order valence-corrected chi connectivity index (χ4v) is 5.56. The molecule has 0 saturated carbocycles. The smallest absolute Gasteiger partial charge is 0.333 e. The quantitative estimate of drug-likeness (QED) is 0.0440. The van der Waals surface area contributed by atoms with Gasteiger partial charge in [-0.25, -0.2) is 4.79 Å². The summed E-state index contributed by atoms with van der Waals surface area (Å²) in [6.45, 7) is 11.9. The summed E-state index contributed by atoms with van der Waals surface area (Å²) in [6, 6.07) is 3.21. The van der Waals surface area contributed by atoms with Crippen molar-refractivity contribution in [2.24, 2.45) is 0 Å². The number of esters is 1. The molecule has 0 bridgehead atoms. The maximum absolute atomic E-state index is 12.9. The lowest BCUT2D eigenvalue weighted by atomic mass is 9.99. The average molecular weight is 613 g/mol. The van der Waals surface area contributed by atoms with E-state index in [9.17, 15) is 24.5 Å². The second-order valence-corrected chi connectivity index (χ2v) is 15.3. The molecule has 1 fully saturated rings. The zero-order chi connectivity index (χ0) is 30.0. The summed E-state index contributed by atoms with van der Waals surface area (Å²) in [4.78, 5) is 49.4. The fourth-order valence-electron chi connectivity index (χ4n) is 3.84. The van der Waals surface area contributed by atoms with Gasteiger partial charge in [-0.15, -0.1) is 11.6 Å². The minimum atomic E-state index is -1.61. The summed E-state index contributed by atoms with van der Waals surface area (Å²) in [7, 11) is -1.61. The Hall–Kier alpha value is -2.99. The summed E-state index contributed by atoms with van der Waals surface area (Å²) >= 11 is 12.3. The van der Waals surface area contributed by atoms with Crippen molar-refractivity contribution in [3.05, 3.63) is 76.4 Å². The Kier molecular flexibility index (Phi) is 12.6. The molecule has 2 rings (SSSR count). The van der Waals surface area contributed by atoms with E-state index in [0.717, 1.165) is 4.90 Å². The minimum absolute atomic E-state index is 0.0231. The Labute approximate surface area is 245 Å². The molecule has 218 valence electrons. The number of nitrogens with one attached hydrogen (secondary N) is 1. The molecule has 40 heavy (non-hydrogen) atoms. The van der Waals surface area contributed by atoms with E-state index in [1.54, 1.807) is 6.08 Å². The van der Waals surface area contributed by atoms with Crippen LogP contribution in [0.15, 0.2) is 60.7 Å². The summed E-state index contributed by atoms with van der Waals surface area (Å²) < 4.78 is 11.2. The van der Waals surface area contributed by atoms with E-state index in [4.69, 9.17) is 32.4 Å². The number of halogens is 2. The maximum atomic E-state index is 12.9. The molecular weight excluding hydrogens is 577 g/mol. The van der Waals surface area contributed by atoms with Gasteiger partial charge in [0.15, 0.2) is 14.4 Å². The Balaban J connectivity index is 1.88. The summed E-state index contributed by atoms with van der Waals surface area (Å²) in [5.74, 6) is -1.91. The van der Waals surface area contributed by atoms with Crippen LogP contribution in [0.25, 0.3) is 0 Å². The van der Waals surface area contributed by atoms with Crippen LogP contribution >= 0.6 is 23.2 Å². The predicted octanol–water partition coefficient (Wildman–Crippen LogP) is 4.83. The number of likely N-dealkylation sites (tertiary alicyclic amines) is 1. The van der Waals surface area contributed by atoms with Crippen LogP contribution in [0.1, 0.15) is 25.3 Å². The monoisotopic (exact) mass is 611 g/mol. The number of nitro benzene ring substituents is 1. The highest BCUT2D eigenvalue weighted by Gasteiger charge is 2.53. The van der Waals surface area contributed by atoms with Crippen molar-refractivity contribution in [1.29, 1.82) is 0 Å². The molecule has 4 unspecified atom stereocenters. The summed E-state index contributed by atoms with van der Waals surface area (Å²) in [5.41, 5.74) is -0.417. The third-order valence-corrected chi connectivity index (χ3v) is 7.54. The number of carbonyl (C=O) groups is 3. The van der Waals surface area contributed by atoms with Gasteiger partial charge in [0, 0.05) is 24.4 Å². The highest BCUT2D eigenvalue weighted by molar-refractivity contribution is 6.69. The standard InChI is InChI=1S/C27H35Cl2N3O7Si/c1-18(16-28)24(27(35)38-17-20-12-14-21(15-13-20)32(36)37)31-25(29)23(26(31)34)30-22(33)11-9-7-6-8-10-19(2)39-40(3,4)5/h7-10,12-15,19,23-25H,1,6,11,16-17H2,2-5H3,(H,30,33). The molecule has 4 atom stereocenters. The lowest BCUT2D eigenvalue weighted by molar-refractivity contribution is -0.384. The molecule has 1 aromatic carbocycles. The van der Waals surface area contributed by atoms with Gasteiger partial charge in [0.1, 0.15) is 18.1 Å². The number of nitro groups is 1. The predicted molar refractivity (Wildman–Crippen MR) is 156 cm³/mol. The number of rotatable bonds is 15. The normalized spacial score (nSPS) is 18.9. The topological polar surface area (TPSA) is 128 Å². The molecule has 1 aromatic rings. The molecule has 1 saturated heterocycles. The Morgan fingerprint density at radius 2 is 1.88 bits per heavy atom. The molecule has 0 aliphatic carbocycles. The molecule has 1 aliphatic heterocycles. The number of allylic oxidation sites excluding steroid dienone is 2. The molecule has 1 aliphatic rings. The van der Waals surface area contributed by atoms with Gasteiger partial charge < -0.3 is 19.4 Å². The van der Waals surface area contributed by atoms with Crippen molar-refractivity contribution in [2.45, 2.75) is 69.7 Å². The number of carbonyl (C=O) groups excluding carboxylic acids is 3. The highest BCUT2D eigenvalue weighted by atomic mass is 35.5. The number of β-lactam (4-membered cyclic amide) rings is 1. The van der Waals surface area contributed by atoms with Gasteiger partial charge in [0.05, 0.1) is 11.0 Å². The van der Waals surface area contributed by atoms with E-state index >= 15 is 0 Å². The fraction of sp³-hybridized carbons (Fsp3) is 0.444. The molecule has 13 heteroatoms. The van der Waals surface area contributed by atoms with E-state index in [1.807, 2.05) is 25.2 Å². The van der Waals surface area contributed by atoms with Crippen LogP contribution in [0.4, 0.5) is 5.69 Å². The van der Waals surface area contributed by atoms with Gasteiger partial charge in [-0.2, -0.15) is 0 Å². The molecule has 1 heterocycles. The number of hydrogen-bond donors (Lipinski definition) is 1. The first-order chi connectivity index (χ1) is 18.7. The van der Waals surface area contributed by atoms with Crippen LogP contribution in [0.5, 0.6) is 0 Å². The Morgan fingerprint density at radius 1 is 1.23 bits per heavy atom. The van der Waals surface area contributed by atoms with E-state index < -0.39 is 48.6 Å². The number of amides is 2. The van der Waals surface area contributed by atoms with Crippen molar-refractivity contribution < 1.29 is 28.5 Å². The van der Waals surface area contributed by atoms with Gasteiger partial charge in [-0.3, -0.25) is 19.7 Å². The van der Waals surface area contributed by atoms with Crippen molar-refractivity contribution in [3.63, 3.8) is 0 Å². The van der Waals surface area contributed by atoms with Gasteiger partial charge in [-0.1, -0.05) is 42.5 Å². The number of nitrogens with zero attached hydrogens (tertiary/aromatic N) is 2. The molecule has 1 N–H and O–H groups in total. The zero-order valence-corrected chi connectivity index (χ0v) is 25.5. The molecule has 0 spiro atoms. The van der Waals surface area contributed by atoms with Gasteiger partial charge in [-0.05, 0) is 56.3 Å². The van der Waals surface area contributed by atoms with E-state index in [1.165, 1.54) is 24.3 Å². The van der Waals surface area contributed by atoms with Gasteiger partial charge in [0.25, 0.3) is 11.6 Å². The number of benzene rings is 1. The third kappa shape index (κ3) is 9.88. The third-order valence-electron chi connectivity index (χ3n) is 5.65. The number of alkyl halides is 2. The van der Waals surface area contributed by atoms with E-state index in [0.29, 0.717) is 12.0 Å². The second kappa shape index (κ2) is 15.1. The van der Waals surface area contributed by atoms with Crippen LogP contribution in [0.3, 0.4) is 0 Å².